The summed E-state index contributed by atoms with van der Waals surface area (Å²) >= 11 is 0. The predicted octanol–water partition coefficient (Wildman–Crippen LogP) is 4.92. The molecule has 0 atom stereocenters. The van der Waals surface area contributed by atoms with Crippen LogP contribution in [0.1, 0.15) is 68.1 Å². The van der Waals surface area contributed by atoms with E-state index < -0.39 is 35.5 Å². The Hall–Kier alpha value is -6.63. The highest BCUT2D eigenvalue weighted by atomic mass is 19.4. The van der Waals surface area contributed by atoms with Crippen LogP contribution in [0.5, 0.6) is 0 Å². The number of aryl methyl sites for hydroxylation is 2. The van der Waals surface area contributed by atoms with Crippen LogP contribution in [0.25, 0.3) is 11.0 Å². The summed E-state index contributed by atoms with van der Waals surface area (Å²) in [5, 5.41) is 19.0. The number of para-hydroxylation sites is 1. The number of anilines is 3. The number of hydrogen-bond acceptors (Lipinski definition) is 8. The second kappa shape index (κ2) is 17.7. The summed E-state index contributed by atoms with van der Waals surface area (Å²) in [5.41, 5.74) is 1.50. The van der Waals surface area contributed by atoms with Crippen molar-refractivity contribution in [2.24, 2.45) is 14.1 Å². The molecule has 56 heavy (non-hydrogen) atoms. The van der Waals surface area contributed by atoms with Crippen molar-refractivity contribution in [3.8, 4) is 0 Å². The average Bonchev–Trinajstić information content (AvgIpc) is 3.82. The standard InChI is InChI=1S/C35H40N8O6.C2HF3O2/c1-21(2)43-20-25(17-29(43)34(47)38-24-15-27(41(5)19-24)32(45)36-12-9-13-40(3)4)39-33(46)28-16-23(18-42(28)6)37-31(44)26-14-22-10-7-8-11-30(22)49-35(26)48;3-2(4,5)1(6)7/h7-8,10-11,14-21H,9,12-13H2,1-6H3,(H,36,45)(H,37,44)(H,38,47)(H,39,46);(H,6,7). The zero-order chi connectivity index (χ0) is 41.5. The van der Waals surface area contributed by atoms with Crippen molar-refractivity contribution in [3.63, 3.8) is 0 Å². The number of aromatic nitrogens is 3. The maximum absolute atomic E-state index is 13.4. The van der Waals surface area contributed by atoms with Gasteiger partial charge < -0.3 is 49.4 Å². The van der Waals surface area contributed by atoms with Crippen LogP contribution in [0.4, 0.5) is 30.2 Å². The first-order valence-corrected chi connectivity index (χ1v) is 17.0. The number of benzene rings is 1. The maximum Gasteiger partial charge on any atom is 0.490 e. The Balaban J connectivity index is 0.000000908. The summed E-state index contributed by atoms with van der Waals surface area (Å²) in [4.78, 5) is 75.8. The summed E-state index contributed by atoms with van der Waals surface area (Å²) in [7, 11) is 7.32. The fraction of sp³-hybridized carbons (Fsp3) is 0.297. The van der Waals surface area contributed by atoms with Gasteiger partial charge in [-0.2, -0.15) is 13.2 Å². The van der Waals surface area contributed by atoms with E-state index in [0.29, 0.717) is 46.0 Å². The fourth-order valence-electron chi connectivity index (χ4n) is 5.37. The molecule has 0 saturated carbocycles. The van der Waals surface area contributed by atoms with Gasteiger partial charge in [0.25, 0.3) is 23.6 Å². The Kier molecular flexibility index (Phi) is 13.3. The first-order chi connectivity index (χ1) is 26.2. The molecule has 4 aromatic heterocycles. The molecule has 19 heteroatoms. The molecule has 5 aromatic rings. The summed E-state index contributed by atoms with van der Waals surface area (Å²) in [6, 6.07) is 12.9. The molecule has 0 spiro atoms. The fourth-order valence-corrected chi connectivity index (χ4v) is 5.37. The third-order valence-electron chi connectivity index (χ3n) is 8.08. The van der Waals surface area contributed by atoms with Gasteiger partial charge in [-0.15, -0.1) is 0 Å². The van der Waals surface area contributed by atoms with E-state index in [1.165, 1.54) is 16.7 Å². The molecule has 1 aromatic carbocycles. The van der Waals surface area contributed by atoms with E-state index in [4.69, 9.17) is 14.3 Å². The Morgan fingerprint density at radius 1 is 0.786 bits per heavy atom. The second-order valence-electron chi connectivity index (χ2n) is 13.1. The average molecular weight is 783 g/mol. The number of fused-ring (bicyclic) bond motifs is 1. The number of carbonyl (C=O) groups excluding carboxylic acids is 4. The van der Waals surface area contributed by atoms with E-state index >= 15 is 0 Å². The van der Waals surface area contributed by atoms with Gasteiger partial charge >= 0.3 is 17.8 Å². The van der Waals surface area contributed by atoms with Crippen LogP contribution in [0.2, 0.25) is 0 Å². The highest BCUT2D eigenvalue weighted by molar-refractivity contribution is 6.09. The van der Waals surface area contributed by atoms with Crippen molar-refractivity contribution in [1.82, 2.24) is 23.9 Å². The van der Waals surface area contributed by atoms with Gasteiger partial charge in [0.05, 0.1) is 17.1 Å². The summed E-state index contributed by atoms with van der Waals surface area (Å²) in [6.07, 6.45) is 0.605. The van der Waals surface area contributed by atoms with E-state index in [9.17, 15) is 37.1 Å². The monoisotopic (exact) mass is 782 g/mol. The summed E-state index contributed by atoms with van der Waals surface area (Å²) in [5.74, 6) is -4.56. The zero-order valence-corrected chi connectivity index (χ0v) is 31.3. The molecule has 0 fully saturated rings. The van der Waals surface area contributed by atoms with Crippen molar-refractivity contribution in [2.45, 2.75) is 32.5 Å². The quantitative estimate of drug-likeness (QED) is 0.0860. The molecule has 5 N–H and O–H groups in total. The van der Waals surface area contributed by atoms with Gasteiger partial charge in [-0.05, 0) is 71.2 Å². The number of hydrogen-bond donors (Lipinski definition) is 5. The van der Waals surface area contributed by atoms with Gasteiger partial charge in [-0.1, -0.05) is 18.2 Å². The molecule has 0 saturated heterocycles. The van der Waals surface area contributed by atoms with Crippen molar-refractivity contribution in [1.29, 1.82) is 0 Å². The van der Waals surface area contributed by atoms with Crippen LogP contribution in [-0.2, 0) is 18.9 Å². The van der Waals surface area contributed by atoms with Crippen molar-refractivity contribution in [2.75, 3.05) is 43.1 Å². The summed E-state index contributed by atoms with van der Waals surface area (Å²) < 4.78 is 41.9. The van der Waals surface area contributed by atoms with E-state index in [1.54, 1.807) is 78.2 Å². The zero-order valence-electron chi connectivity index (χ0n) is 31.3. The van der Waals surface area contributed by atoms with Crippen LogP contribution < -0.4 is 26.9 Å². The summed E-state index contributed by atoms with van der Waals surface area (Å²) in [6.45, 7) is 5.20. The second-order valence-corrected chi connectivity index (χ2v) is 13.1. The van der Waals surface area contributed by atoms with Crippen LogP contribution in [0.15, 0.2) is 76.3 Å². The molecule has 0 aliphatic carbocycles. The molecular formula is C37H41F3N8O8. The van der Waals surface area contributed by atoms with Gasteiger partial charge in [0.1, 0.15) is 28.2 Å². The number of carboxylic acids is 1. The van der Waals surface area contributed by atoms with E-state index in [-0.39, 0.29) is 23.2 Å². The Bertz CT molecular complexity index is 2320. The number of carbonyl (C=O) groups is 5. The molecule has 16 nitrogen and oxygen atoms in total. The molecule has 4 amide bonds. The van der Waals surface area contributed by atoms with Gasteiger partial charge in [0, 0.05) is 50.7 Å². The first-order valence-electron chi connectivity index (χ1n) is 17.0. The molecular weight excluding hydrogens is 741 g/mol. The van der Waals surface area contributed by atoms with Crippen molar-refractivity contribution < 1.29 is 46.7 Å². The number of alkyl halides is 3. The normalized spacial score (nSPS) is 11.3. The lowest BCUT2D eigenvalue weighted by molar-refractivity contribution is -0.192. The van der Waals surface area contributed by atoms with Crippen LogP contribution in [0, 0.1) is 0 Å². The predicted molar refractivity (Wildman–Crippen MR) is 201 cm³/mol. The Morgan fingerprint density at radius 2 is 1.29 bits per heavy atom. The lowest BCUT2D eigenvalue weighted by Gasteiger charge is -2.12. The molecule has 298 valence electrons. The van der Waals surface area contributed by atoms with E-state index in [0.717, 1.165) is 13.0 Å². The first kappa shape index (κ1) is 42.1. The third kappa shape index (κ3) is 10.7. The van der Waals surface area contributed by atoms with Crippen LogP contribution >= 0.6 is 0 Å². The van der Waals surface area contributed by atoms with Gasteiger partial charge in [0.2, 0.25) is 0 Å². The minimum absolute atomic E-state index is 0.115. The smallest absolute Gasteiger partial charge is 0.475 e. The number of halogens is 3. The van der Waals surface area contributed by atoms with E-state index in [2.05, 4.69) is 21.3 Å². The van der Waals surface area contributed by atoms with Gasteiger partial charge in [0.15, 0.2) is 0 Å². The van der Waals surface area contributed by atoms with Gasteiger partial charge in [-0.3, -0.25) is 19.2 Å². The number of nitrogens with one attached hydrogen (secondary N) is 4. The number of nitrogens with zero attached hydrogens (tertiary/aromatic N) is 4. The van der Waals surface area contributed by atoms with Gasteiger partial charge in [-0.25, -0.2) is 9.59 Å². The number of rotatable bonds is 12. The lowest BCUT2D eigenvalue weighted by atomic mass is 10.2. The number of amides is 4. The topological polar surface area (TPSA) is 202 Å². The molecule has 0 radical (unpaired) electrons. The largest absolute Gasteiger partial charge is 0.490 e. The molecule has 4 heterocycles. The van der Waals surface area contributed by atoms with Crippen LogP contribution in [-0.4, -0.2) is 86.7 Å². The molecule has 0 aliphatic rings. The Morgan fingerprint density at radius 3 is 1.84 bits per heavy atom. The Labute approximate surface area is 317 Å². The number of aliphatic carboxylic acids is 1. The molecule has 5 rings (SSSR count). The minimum Gasteiger partial charge on any atom is -0.475 e. The minimum atomic E-state index is -5.08. The molecule has 0 aliphatic heterocycles. The number of carboxylic acid groups (broad SMARTS) is 1. The van der Waals surface area contributed by atoms with Crippen molar-refractivity contribution in [3.05, 3.63) is 100 Å². The SMILES string of the molecule is CC(C)n1cc(NC(=O)c2cc(NC(=O)c3cc4ccccc4oc3=O)cn2C)cc1C(=O)Nc1cc(C(=O)NCCCN(C)C)n(C)c1.O=C(O)C(F)(F)F. The van der Waals surface area contributed by atoms with Crippen molar-refractivity contribution >= 4 is 57.6 Å². The molecule has 0 bridgehead atoms. The maximum atomic E-state index is 13.4. The highest BCUT2D eigenvalue weighted by Crippen LogP contribution is 2.23. The third-order valence-corrected chi connectivity index (χ3v) is 8.08. The van der Waals surface area contributed by atoms with Crippen LogP contribution in [0.3, 0.4) is 0 Å². The van der Waals surface area contributed by atoms with E-state index in [1.807, 2.05) is 32.8 Å². The lowest BCUT2D eigenvalue weighted by Crippen LogP contribution is -2.28. The molecule has 0 unspecified atom stereocenters. The highest BCUT2D eigenvalue weighted by Gasteiger charge is 2.38.